The van der Waals surface area contributed by atoms with Gasteiger partial charge in [-0.1, -0.05) is 0 Å². The molecule has 0 atom stereocenters. The van der Waals surface area contributed by atoms with E-state index in [1.54, 1.807) is 0 Å². The Hall–Kier alpha value is -0.100. The maximum atomic E-state index is 11.2. The van der Waals surface area contributed by atoms with Crippen LogP contribution in [0.2, 0.25) is 0 Å². The van der Waals surface area contributed by atoms with Gasteiger partial charge in [0.2, 0.25) is 0 Å². The topological polar surface area (TPSA) is 26.3 Å². The Kier molecular flexibility index (Phi) is 2.12. The van der Waals surface area contributed by atoms with Crippen molar-refractivity contribution in [1.82, 2.24) is 0 Å². The molecule has 0 fully saturated rings. The van der Waals surface area contributed by atoms with Crippen LogP contribution in [-0.4, -0.2) is 12.6 Å². The van der Waals surface area contributed by atoms with Crippen molar-refractivity contribution in [3.05, 3.63) is 18.9 Å². The van der Waals surface area contributed by atoms with E-state index in [0.29, 0.717) is 6.61 Å². The van der Waals surface area contributed by atoms with Gasteiger partial charge in [0.05, 0.1) is 9.49 Å². The molecule has 0 unspecified atom stereocenters. The zero-order valence-corrected chi connectivity index (χ0v) is 9.49. The van der Waals surface area contributed by atoms with Crippen LogP contribution in [0.4, 0.5) is 0 Å². The van der Waals surface area contributed by atoms with E-state index in [-0.39, 0.29) is 5.97 Å². The summed E-state index contributed by atoms with van der Waals surface area (Å²) < 4.78 is 6.15. The van der Waals surface area contributed by atoms with Gasteiger partial charge in [-0.3, -0.25) is 0 Å². The van der Waals surface area contributed by atoms with Gasteiger partial charge in [-0.05, 0) is 40.6 Å². The van der Waals surface area contributed by atoms with Crippen LogP contribution < -0.4 is 0 Å². The third kappa shape index (κ3) is 1.17. The molecule has 4 heteroatoms. The SMILES string of the molecule is Cc1c(I)sc2c1CCOC2=O. The van der Waals surface area contributed by atoms with Crippen molar-refractivity contribution in [1.29, 1.82) is 0 Å². The van der Waals surface area contributed by atoms with Crippen LogP contribution in [0.3, 0.4) is 0 Å². The predicted molar refractivity (Wildman–Crippen MR) is 55.8 cm³/mol. The van der Waals surface area contributed by atoms with Crippen molar-refractivity contribution in [2.45, 2.75) is 13.3 Å². The highest BCUT2D eigenvalue weighted by atomic mass is 127. The number of carbonyl (C=O) groups excluding carboxylic acids is 1. The summed E-state index contributed by atoms with van der Waals surface area (Å²) in [7, 11) is 0. The zero-order valence-electron chi connectivity index (χ0n) is 6.52. The Labute approximate surface area is 88.1 Å². The summed E-state index contributed by atoms with van der Waals surface area (Å²) in [5.74, 6) is -0.146. The first kappa shape index (κ1) is 8.50. The van der Waals surface area contributed by atoms with Crippen LogP contribution in [0, 0.1) is 9.81 Å². The lowest BCUT2D eigenvalue weighted by atomic mass is 10.1. The number of hydrogen-bond acceptors (Lipinski definition) is 3. The number of halogens is 1. The molecule has 0 bridgehead atoms. The monoisotopic (exact) mass is 294 g/mol. The molecule has 1 aromatic heterocycles. The summed E-state index contributed by atoms with van der Waals surface area (Å²) in [6.45, 7) is 2.61. The molecule has 1 aliphatic rings. The fourth-order valence-electron chi connectivity index (χ4n) is 1.29. The molecule has 64 valence electrons. The van der Waals surface area contributed by atoms with E-state index < -0.39 is 0 Å². The van der Waals surface area contributed by atoms with E-state index in [1.165, 1.54) is 25.3 Å². The maximum Gasteiger partial charge on any atom is 0.348 e. The number of carbonyl (C=O) groups is 1. The Morgan fingerprint density at radius 2 is 2.33 bits per heavy atom. The molecule has 1 aromatic rings. The van der Waals surface area contributed by atoms with Crippen LogP contribution in [0.15, 0.2) is 0 Å². The average molecular weight is 294 g/mol. The molecule has 2 heterocycles. The highest BCUT2D eigenvalue weighted by molar-refractivity contribution is 14.1. The summed E-state index contributed by atoms with van der Waals surface area (Å²) in [4.78, 5) is 12.0. The number of esters is 1. The second-order valence-electron chi connectivity index (χ2n) is 2.69. The molecule has 0 aliphatic carbocycles. The van der Waals surface area contributed by atoms with Gasteiger partial charge in [0, 0.05) is 6.42 Å². The number of hydrogen-bond donors (Lipinski definition) is 0. The fourth-order valence-corrected chi connectivity index (χ4v) is 3.26. The van der Waals surface area contributed by atoms with Crippen LogP contribution >= 0.6 is 33.9 Å². The molecule has 0 amide bonds. The van der Waals surface area contributed by atoms with E-state index in [9.17, 15) is 4.79 Å². The number of ether oxygens (including phenoxy) is 1. The fraction of sp³-hybridized carbons (Fsp3) is 0.375. The molecular weight excluding hydrogens is 287 g/mol. The summed E-state index contributed by atoms with van der Waals surface area (Å²) in [6.07, 6.45) is 0.881. The molecule has 2 nitrogen and oxygen atoms in total. The van der Waals surface area contributed by atoms with Crippen molar-refractivity contribution in [3.8, 4) is 0 Å². The van der Waals surface area contributed by atoms with E-state index in [1.807, 2.05) is 0 Å². The van der Waals surface area contributed by atoms with Crippen molar-refractivity contribution in [2.24, 2.45) is 0 Å². The summed E-state index contributed by atoms with van der Waals surface area (Å²) >= 11 is 3.80. The van der Waals surface area contributed by atoms with Gasteiger partial charge in [-0.2, -0.15) is 0 Å². The minimum Gasteiger partial charge on any atom is -0.461 e. The molecule has 0 saturated heterocycles. The van der Waals surface area contributed by atoms with Crippen LogP contribution in [0.1, 0.15) is 20.8 Å². The minimum atomic E-state index is -0.146. The number of fused-ring (bicyclic) bond motifs is 1. The van der Waals surface area contributed by atoms with E-state index in [4.69, 9.17) is 4.74 Å². The first-order valence-electron chi connectivity index (χ1n) is 3.65. The molecule has 0 aromatic carbocycles. The van der Waals surface area contributed by atoms with Crippen molar-refractivity contribution in [3.63, 3.8) is 0 Å². The van der Waals surface area contributed by atoms with Gasteiger partial charge < -0.3 is 4.74 Å². The van der Waals surface area contributed by atoms with Crippen molar-refractivity contribution < 1.29 is 9.53 Å². The van der Waals surface area contributed by atoms with Gasteiger partial charge in [0.1, 0.15) is 4.88 Å². The van der Waals surface area contributed by atoms with E-state index in [0.717, 1.165) is 11.3 Å². The summed E-state index contributed by atoms with van der Waals surface area (Å²) in [6, 6.07) is 0. The summed E-state index contributed by atoms with van der Waals surface area (Å²) in [5.41, 5.74) is 2.45. The molecular formula is C8H7IO2S. The highest BCUT2D eigenvalue weighted by Crippen LogP contribution is 2.32. The molecule has 12 heavy (non-hydrogen) atoms. The van der Waals surface area contributed by atoms with Gasteiger partial charge in [0.15, 0.2) is 0 Å². The number of cyclic esters (lactones) is 1. The Bertz CT molecular complexity index is 343. The Morgan fingerprint density at radius 3 is 3.00 bits per heavy atom. The van der Waals surface area contributed by atoms with Gasteiger partial charge in [0.25, 0.3) is 0 Å². The van der Waals surface area contributed by atoms with Crippen molar-refractivity contribution in [2.75, 3.05) is 6.61 Å². The number of rotatable bonds is 0. The lowest BCUT2D eigenvalue weighted by molar-refractivity contribution is 0.0487. The number of thiophene rings is 1. The predicted octanol–water partition coefficient (Wildman–Crippen LogP) is 2.37. The van der Waals surface area contributed by atoms with Crippen molar-refractivity contribution >= 4 is 39.9 Å². The second kappa shape index (κ2) is 2.99. The molecule has 0 saturated carbocycles. The average Bonchev–Trinajstić information content (AvgIpc) is 2.32. The second-order valence-corrected chi connectivity index (χ2v) is 5.53. The minimum absolute atomic E-state index is 0.146. The first-order chi connectivity index (χ1) is 5.70. The quantitative estimate of drug-likeness (QED) is 0.542. The van der Waals surface area contributed by atoms with E-state index >= 15 is 0 Å². The lowest BCUT2D eigenvalue weighted by Gasteiger charge is -2.11. The molecule has 0 N–H and O–H groups in total. The normalized spacial score (nSPS) is 15.7. The Balaban J connectivity index is 2.60. The maximum absolute atomic E-state index is 11.2. The van der Waals surface area contributed by atoms with Crippen LogP contribution in [-0.2, 0) is 11.2 Å². The van der Waals surface area contributed by atoms with Gasteiger partial charge >= 0.3 is 5.97 Å². The highest BCUT2D eigenvalue weighted by Gasteiger charge is 2.24. The van der Waals surface area contributed by atoms with Gasteiger partial charge in [-0.25, -0.2) is 4.79 Å². The van der Waals surface area contributed by atoms with Crippen LogP contribution in [0.5, 0.6) is 0 Å². The largest absolute Gasteiger partial charge is 0.461 e. The molecule has 2 rings (SSSR count). The first-order valence-corrected chi connectivity index (χ1v) is 5.54. The Morgan fingerprint density at radius 1 is 1.58 bits per heavy atom. The van der Waals surface area contributed by atoms with Crippen LogP contribution in [0.25, 0.3) is 0 Å². The third-order valence-electron chi connectivity index (χ3n) is 1.98. The standard InChI is InChI=1S/C8H7IO2S/c1-4-5-2-3-11-8(10)6(5)12-7(4)9/h2-3H2,1H3. The molecule has 1 aliphatic heterocycles. The zero-order chi connectivity index (χ0) is 8.72. The third-order valence-corrected chi connectivity index (χ3v) is 4.56. The lowest BCUT2D eigenvalue weighted by Crippen LogP contribution is -2.15. The smallest absolute Gasteiger partial charge is 0.348 e. The van der Waals surface area contributed by atoms with E-state index in [2.05, 4.69) is 29.5 Å². The summed E-state index contributed by atoms with van der Waals surface area (Å²) in [5, 5.41) is 0. The van der Waals surface area contributed by atoms with Gasteiger partial charge in [-0.15, -0.1) is 11.3 Å². The molecule has 0 spiro atoms. The molecule has 0 radical (unpaired) electrons.